The highest BCUT2D eigenvalue weighted by molar-refractivity contribution is 5.80. The lowest BCUT2D eigenvalue weighted by Crippen LogP contribution is -2.39. The van der Waals surface area contributed by atoms with Crippen LogP contribution in [0, 0.1) is 0 Å². The Morgan fingerprint density at radius 1 is 1.50 bits per heavy atom. The molecule has 16 heavy (non-hydrogen) atoms. The molecule has 0 amide bonds. The van der Waals surface area contributed by atoms with Crippen molar-refractivity contribution in [3.05, 3.63) is 30.1 Å². The van der Waals surface area contributed by atoms with E-state index in [1.54, 1.807) is 7.05 Å². The summed E-state index contributed by atoms with van der Waals surface area (Å²) in [5, 5.41) is 6.63. The fourth-order valence-electron chi connectivity index (χ4n) is 1.47. The summed E-state index contributed by atoms with van der Waals surface area (Å²) < 4.78 is 0. The van der Waals surface area contributed by atoms with Crippen molar-refractivity contribution < 1.29 is 0 Å². The zero-order valence-electron chi connectivity index (χ0n) is 9.61. The highest BCUT2D eigenvalue weighted by Crippen LogP contribution is 2.18. The van der Waals surface area contributed by atoms with Crippen molar-refractivity contribution in [2.24, 2.45) is 4.99 Å². The second-order valence-corrected chi connectivity index (χ2v) is 3.99. The number of nitrogens with one attached hydrogen (secondary N) is 2. The van der Waals surface area contributed by atoms with Crippen LogP contribution in [-0.4, -0.2) is 30.6 Å². The zero-order chi connectivity index (χ0) is 11.2. The first-order valence-electron chi connectivity index (χ1n) is 5.75. The molecule has 0 radical (unpaired) electrons. The molecular formula is C12H18N4. The third kappa shape index (κ3) is 3.53. The van der Waals surface area contributed by atoms with Gasteiger partial charge in [-0.3, -0.25) is 9.98 Å². The average Bonchev–Trinajstić information content (AvgIpc) is 3.13. The summed E-state index contributed by atoms with van der Waals surface area (Å²) >= 11 is 0. The van der Waals surface area contributed by atoms with Crippen LogP contribution in [0.1, 0.15) is 18.5 Å². The standard InChI is InChI=1S/C12H18N4/c1-13-12(16-11-5-6-11)15-9-7-10-4-2-3-8-14-10/h2-4,8,11H,5-7,9H2,1H3,(H2,13,15,16). The van der Waals surface area contributed by atoms with Gasteiger partial charge in [-0.25, -0.2) is 0 Å². The van der Waals surface area contributed by atoms with Gasteiger partial charge in [0.15, 0.2) is 5.96 Å². The van der Waals surface area contributed by atoms with Crippen LogP contribution < -0.4 is 10.6 Å². The number of nitrogens with zero attached hydrogens (tertiary/aromatic N) is 2. The van der Waals surface area contributed by atoms with E-state index in [1.807, 2.05) is 24.4 Å². The van der Waals surface area contributed by atoms with E-state index >= 15 is 0 Å². The highest BCUT2D eigenvalue weighted by Gasteiger charge is 2.21. The summed E-state index contributed by atoms with van der Waals surface area (Å²) in [5.41, 5.74) is 1.11. The van der Waals surface area contributed by atoms with E-state index in [-0.39, 0.29) is 0 Å². The van der Waals surface area contributed by atoms with Crippen molar-refractivity contribution in [2.75, 3.05) is 13.6 Å². The molecule has 1 aromatic heterocycles. The Hall–Kier alpha value is -1.58. The van der Waals surface area contributed by atoms with Gasteiger partial charge in [-0.2, -0.15) is 0 Å². The molecule has 1 aliphatic carbocycles. The number of aliphatic imine (C=N–C) groups is 1. The fraction of sp³-hybridized carbons (Fsp3) is 0.500. The SMILES string of the molecule is CN=C(NCCc1ccccn1)NC1CC1. The minimum absolute atomic E-state index is 0.640. The molecule has 4 nitrogen and oxygen atoms in total. The monoisotopic (exact) mass is 218 g/mol. The predicted molar refractivity (Wildman–Crippen MR) is 65.5 cm³/mol. The fourth-order valence-corrected chi connectivity index (χ4v) is 1.47. The summed E-state index contributed by atoms with van der Waals surface area (Å²) in [6, 6.07) is 6.63. The van der Waals surface area contributed by atoms with E-state index in [0.29, 0.717) is 6.04 Å². The van der Waals surface area contributed by atoms with Gasteiger partial charge in [0.2, 0.25) is 0 Å². The second-order valence-electron chi connectivity index (χ2n) is 3.99. The third-order valence-corrected chi connectivity index (χ3v) is 2.54. The van der Waals surface area contributed by atoms with Gasteiger partial charge in [0.25, 0.3) is 0 Å². The van der Waals surface area contributed by atoms with E-state index < -0.39 is 0 Å². The van der Waals surface area contributed by atoms with Crippen LogP contribution in [0.3, 0.4) is 0 Å². The van der Waals surface area contributed by atoms with Gasteiger partial charge in [0.1, 0.15) is 0 Å². The smallest absolute Gasteiger partial charge is 0.191 e. The van der Waals surface area contributed by atoms with Crippen LogP contribution in [-0.2, 0) is 6.42 Å². The van der Waals surface area contributed by atoms with Crippen LogP contribution in [0.4, 0.5) is 0 Å². The summed E-state index contributed by atoms with van der Waals surface area (Å²) in [6.07, 6.45) is 5.28. The number of guanidine groups is 1. The van der Waals surface area contributed by atoms with Crippen molar-refractivity contribution in [1.29, 1.82) is 0 Å². The molecular weight excluding hydrogens is 200 g/mol. The maximum atomic E-state index is 4.27. The second kappa shape index (κ2) is 5.49. The maximum Gasteiger partial charge on any atom is 0.191 e. The van der Waals surface area contributed by atoms with E-state index in [0.717, 1.165) is 24.6 Å². The van der Waals surface area contributed by atoms with Crippen LogP contribution in [0.2, 0.25) is 0 Å². The summed E-state index contributed by atoms with van der Waals surface area (Å²) in [5.74, 6) is 0.901. The highest BCUT2D eigenvalue weighted by atomic mass is 15.2. The number of aromatic nitrogens is 1. The van der Waals surface area contributed by atoms with Crippen LogP contribution in [0.5, 0.6) is 0 Å². The number of rotatable bonds is 4. The Morgan fingerprint density at radius 3 is 3.00 bits per heavy atom. The summed E-state index contributed by atoms with van der Waals surface area (Å²) in [6.45, 7) is 0.864. The van der Waals surface area contributed by atoms with Crippen molar-refractivity contribution in [3.8, 4) is 0 Å². The van der Waals surface area contributed by atoms with Crippen molar-refractivity contribution in [3.63, 3.8) is 0 Å². The molecule has 1 aromatic rings. The number of hydrogen-bond acceptors (Lipinski definition) is 2. The van der Waals surface area contributed by atoms with E-state index in [1.165, 1.54) is 12.8 Å². The minimum Gasteiger partial charge on any atom is -0.356 e. The molecule has 2 rings (SSSR count). The van der Waals surface area contributed by atoms with Crippen molar-refractivity contribution in [1.82, 2.24) is 15.6 Å². The Kier molecular flexibility index (Phi) is 3.75. The molecule has 0 atom stereocenters. The Labute approximate surface area is 96.2 Å². The predicted octanol–water partition coefficient (Wildman–Crippen LogP) is 0.951. The van der Waals surface area contributed by atoms with Crippen molar-refractivity contribution in [2.45, 2.75) is 25.3 Å². The van der Waals surface area contributed by atoms with Crippen LogP contribution in [0.15, 0.2) is 29.4 Å². The van der Waals surface area contributed by atoms with Gasteiger partial charge in [-0.05, 0) is 25.0 Å². The minimum atomic E-state index is 0.640. The molecule has 86 valence electrons. The molecule has 1 aliphatic rings. The summed E-state index contributed by atoms with van der Waals surface area (Å²) in [7, 11) is 1.80. The molecule has 1 saturated carbocycles. The molecule has 0 saturated heterocycles. The molecule has 0 aliphatic heterocycles. The lowest BCUT2D eigenvalue weighted by atomic mass is 10.3. The first-order valence-corrected chi connectivity index (χ1v) is 5.75. The van der Waals surface area contributed by atoms with Crippen LogP contribution >= 0.6 is 0 Å². The molecule has 1 heterocycles. The third-order valence-electron chi connectivity index (χ3n) is 2.54. The Bertz CT molecular complexity index is 343. The van der Waals surface area contributed by atoms with Gasteiger partial charge in [0.05, 0.1) is 0 Å². The van der Waals surface area contributed by atoms with Gasteiger partial charge in [-0.15, -0.1) is 0 Å². The first-order chi connectivity index (χ1) is 7.88. The lowest BCUT2D eigenvalue weighted by Gasteiger charge is -2.10. The van der Waals surface area contributed by atoms with Crippen LogP contribution in [0.25, 0.3) is 0 Å². The van der Waals surface area contributed by atoms with Crippen molar-refractivity contribution >= 4 is 5.96 Å². The maximum absolute atomic E-state index is 4.27. The molecule has 0 spiro atoms. The van der Waals surface area contributed by atoms with E-state index in [2.05, 4.69) is 20.6 Å². The number of hydrogen-bond donors (Lipinski definition) is 2. The average molecular weight is 218 g/mol. The molecule has 0 bridgehead atoms. The topological polar surface area (TPSA) is 49.3 Å². The van der Waals surface area contributed by atoms with Gasteiger partial charge >= 0.3 is 0 Å². The molecule has 0 aromatic carbocycles. The van der Waals surface area contributed by atoms with Gasteiger partial charge in [0, 0.05) is 37.9 Å². The van der Waals surface area contributed by atoms with Gasteiger partial charge < -0.3 is 10.6 Å². The Morgan fingerprint density at radius 2 is 2.38 bits per heavy atom. The molecule has 4 heteroatoms. The normalized spacial score (nSPS) is 15.9. The first kappa shape index (κ1) is 10.9. The lowest BCUT2D eigenvalue weighted by molar-refractivity contribution is 0.782. The number of pyridine rings is 1. The largest absolute Gasteiger partial charge is 0.356 e. The Balaban J connectivity index is 1.70. The summed E-state index contributed by atoms with van der Waals surface area (Å²) in [4.78, 5) is 8.45. The molecule has 2 N–H and O–H groups in total. The molecule has 0 unspecified atom stereocenters. The zero-order valence-corrected chi connectivity index (χ0v) is 9.61. The van der Waals surface area contributed by atoms with Gasteiger partial charge in [-0.1, -0.05) is 6.07 Å². The van der Waals surface area contributed by atoms with E-state index in [4.69, 9.17) is 0 Å². The van der Waals surface area contributed by atoms with E-state index in [9.17, 15) is 0 Å². The quantitative estimate of drug-likeness (QED) is 0.584. The molecule has 1 fully saturated rings.